The minimum atomic E-state index is 0.105. The molecule has 0 aliphatic carbocycles. The fourth-order valence-electron chi connectivity index (χ4n) is 3.34. The number of amides is 1. The topological polar surface area (TPSA) is 28.5 Å². The van der Waals surface area contributed by atoms with Crippen molar-refractivity contribution < 1.29 is 4.79 Å². The van der Waals surface area contributed by atoms with Gasteiger partial charge in [-0.25, -0.2) is 0 Å². The molecule has 0 atom stereocenters. The standard InChI is InChI=1S/C21H27N3O/c1-16-5-8-20(9-6-16)24-17(2)15-19(18(24)3)7-10-21(25)23-13-11-22(4)12-14-23/h5-10,15H,11-14H2,1-4H3. The van der Waals surface area contributed by atoms with Gasteiger partial charge in [-0.15, -0.1) is 0 Å². The fourth-order valence-corrected chi connectivity index (χ4v) is 3.34. The van der Waals surface area contributed by atoms with Crippen LogP contribution in [-0.2, 0) is 4.79 Å². The summed E-state index contributed by atoms with van der Waals surface area (Å²) in [5.74, 6) is 0.105. The Kier molecular flexibility index (Phi) is 5.09. The second-order valence-corrected chi connectivity index (χ2v) is 6.96. The van der Waals surface area contributed by atoms with Gasteiger partial charge >= 0.3 is 0 Å². The van der Waals surface area contributed by atoms with Gasteiger partial charge in [0.2, 0.25) is 5.91 Å². The van der Waals surface area contributed by atoms with Crippen molar-refractivity contribution >= 4 is 12.0 Å². The van der Waals surface area contributed by atoms with E-state index in [2.05, 4.69) is 67.6 Å². The van der Waals surface area contributed by atoms with Crippen molar-refractivity contribution in [1.82, 2.24) is 14.4 Å². The molecule has 2 aromatic rings. The zero-order chi connectivity index (χ0) is 18.0. The summed E-state index contributed by atoms with van der Waals surface area (Å²) in [5, 5.41) is 0. The molecule has 1 aliphatic rings. The number of hydrogen-bond donors (Lipinski definition) is 0. The first-order valence-electron chi connectivity index (χ1n) is 8.87. The predicted molar refractivity (Wildman–Crippen MR) is 103 cm³/mol. The average molecular weight is 337 g/mol. The molecule has 1 amide bonds. The lowest BCUT2D eigenvalue weighted by atomic mass is 10.2. The maximum Gasteiger partial charge on any atom is 0.246 e. The summed E-state index contributed by atoms with van der Waals surface area (Å²) in [7, 11) is 2.09. The molecule has 0 bridgehead atoms. The maximum absolute atomic E-state index is 12.4. The van der Waals surface area contributed by atoms with Crippen molar-refractivity contribution in [2.45, 2.75) is 20.8 Å². The van der Waals surface area contributed by atoms with Gasteiger partial charge in [0, 0.05) is 49.3 Å². The van der Waals surface area contributed by atoms with Crippen molar-refractivity contribution in [1.29, 1.82) is 0 Å². The highest BCUT2D eigenvalue weighted by atomic mass is 16.2. The van der Waals surface area contributed by atoms with Gasteiger partial charge < -0.3 is 14.4 Å². The number of nitrogens with zero attached hydrogens (tertiary/aromatic N) is 3. The fraction of sp³-hybridized carbons (Fsp3) is 0.381. The van der Waals surface area contributed by atoms with Crippen molar-refractivity contribution in [3.8, 4) is 5.69 Å². The summed E-state index contributed by atoms with van der Waals surface area (Å²) in [6.07, 6.45) is 3.67. The number of carbonyl (C=O) groups excluding carboxylic acids is 1. The Bertz CT molecular complexity index is 778. The van der Waals surface area contributed by atoms with Gasteiger partial charge in [-0.1, -0.05) is 17.7 Å². The predicted octanol–water partition coefficient (Wildman–Crippen LogP) is 3.19. The van der Waals surface area contributed by atoms with Gasteiger partial charge in [0.15, 0.2) is 0 Å². The molecule has 0 N–H and O–H groups in total. The highest BCUT2D eigenvalue weighted by Crippen LogP contribution is 2.22. The van der Waals surface area contributed by atoms with E-state index >= 15 is 0 Å². The molecule has 4 heteroatoms. The molecule has 4 nitrogen and oxygen atoms in total. The van der Waals surface area contributed by atoms with Gasteiger partial charge in [0.1, 0.15) is 0 Å². The minimum absolute atomic E-state index is 0.105. The summed E-state index contributed by atoms with van der Waals surface area (Å²) in [4.78, 5) is 16.6. The van der Waals surface area contributed by atoms with Gasteiger partial charge in [-0.05, 0) is 57.7 Å². The molecule has 1 fully saturated rings. The first-order chi connectivity index (χ1) is 12.0. The van der Waals surface area contributed by atoms with Crippen molar-refractivity contribution in [2.75, 3.05) is 33.2 Å². The van der Waals surface area contributed by atoms with E-state index in [4.69, 9.17) is 0 Å². The number of benzene rings is 1. The quantitative estimate of drug-likeness (QED) is 0.805. The normalized spacial score (nSPS) is 15.9. The molecule has 1 aromatic carbocycles. The average Bonchev–Trinajstić information content (AvgIpc) is 2.88. The van der Waals surface area contributed by atoms with Crippen LogP contribution in [-0.4, -0.2) is 53.5 Å². The zero-order valence-corrected chi connectivity index (χ0v) is 15.6. The lowest BCUT2D eigenvalue weighted by molar-refractivity contribution is -0.127. The van der Waals surface area contributed by atoms with E-state index in [1.807, 2.05) is 11.0 Å². The number of likely N-dealkylation sites (N-methyl/N-ethyl adjacent to an activating group) is 1. The van der Waals surface area contributed by atoms with E-state index in [0.29, 0.717) is 0 Å². The lowest BCUT2D eigenvalue weighted by Crippen LogP contribution is -2.46. The summed E-state index contributed by atoms with van der Waals surface area (Å²) in [6.45, 7) is 9.81. The van der Waals surface area contributed by atoms with E-state index in [-0.39, 0.29) is 5.91 Å². The van der Waals surface area contributed by atoms with Crippen molar-refractivity contribution in [3.05, 3.63) is 58.9 Å². The molecule has 1 aromatic heterocycles. The maximum atomic E-state index is 12.4. The summed E-state index contributed by atoms with van der Waals surface area (Å²) < 4.78 is 2.24. The first kappa shape index (κ1) is 17.5. The molecule has 0 spiro atoms. The summed E-state index contributed by atoms with van der Waals surface area (Å²) in [5.41, 5.74) is 5.84. The number of aryl methyl sites for hydroxylation is 2. The Morgan fingerprint density at radius 3 is 2.28 bits per heavy atom. The van der Waals surface area contributed by atoms with Crippen LogP contribution in [0.4, 0.5) is 0 Å². The van der Waals surface area contributed by atoms with Crippen LogP contribution in [0.5, 0.6) is 0 Å². The number of carbonyl (C=O) groups is 1. The Labute approximate surface area is 150 Å². The SMILES string of the molecule is Cc1ccc(-n2c(C)cc(C=CC(=O)N3CCN(C)CC3)c2C)cc1. The third kappa shape index (κ3) is 3.85. The highest BCUT2D eigenvalue weighted by Gasteiger charge is 2.17. The Balaban J connectivity index is 1.78. The number of hydrogen-bond acceptors (Lipinski definition) is 2. The van der Waals surface area contributed by atoms with Crippen LogP contribution < -0.4 is 0 Å². The van der Waals surface area contributed by atoms with E-state index in [0.717, 1.165) is 43.1 Å². The van der Waals surface area contributed by atoms with E-state index in [1.165, 1.54) is 11.3 Å². The Morgan fingerprint density at radius 1 is 1.00 bits per heavy atom. The van der Waals surface area contributed by atoms with E-state index in [9.17, 15) is 4.79 Å². The Morgan fingerprint density at radius 2 is 1.64 bits per heavy atom. The van der Waals surface area contributed by atoms with Gasteiger partial charge in [0.25, 0.3) is 0 Å². The molecule has 1 saturated heterocycles. The summed E-state index contributed by atoms with van der Waals surface area (Å²) >= 11 is 0. The first-order valence-corrected chi connectivity index (χ1v) is 8.87. The monoisotopic (exact) mass is 337 g/mol. The second-order valence-electron chi connectivity index (χ2n) is 6.96. The lowest BCUT2D eigenvalue weighted by Gasteiger charge is -2.31. The molecule has 0 saturated carbocycles. The Hall–Kier alpha value is -2.33. The van der Waals surface area contributed by atoms with Crippen molar-refractivity contribution in [3.63, 3.8) is 0 Å². The second kappa shape index (κ2) is 7.28. The van der Waals surface area contributed by atoms with Crippen LogP contribution in [0.2, 0.25) is 0 Å². The third-order valence-electron chi connectivity index (χ3n) is 4.98. The third-order valence-corrected chi connectivity index (χ3v) is 4.98. The molecule has 2 heterocycles. The van der Waals surface area contributed by atoms with Gasteiger partial charge in [-0.3, -0.25) is 4.79 Å². The van der Waals surface area contributed by atoms with Crippen LogP contribution in [0.25, 0.3) is 11.8 Å². The highest BCUT2D eigenvalue weighted by molar-refractivity contribution is 5.92. The molecule has 132 valence electrons. The van der Waals surface area contributed by atoms with Crippen LogP contribution in [0.3, 0.4) is 0 Å². The van der Waals surface area contributed by atoms with E-state index in [1.54, 1.807) is 6.08 Å². The molecule has 0 radical (unpaired) electrons. The minimum Gasteiger partial charge on any atom is -0.337 e. The van der Waals surface area contributed by atoms with Crippen LogP contribution in [0.15, 0.2) is 36.4 Å². The summed E-state index contributed by atoms with van der Waals surface area (Å²) in [6, 6.07) is 10.7. The molecule has 25 heavy (non-hydrogen) atoms. The van der Waals surface area contributed by atoms with E-state index < -0.39 is 0 Å². The number of rotatable bonds is 3. The largest absolute Gasteiger partial charge is 0.337 e. The van der Waals surface area contributed by atoms with Crippen molar-refractivity contribution in [2.24, 2.45) is 0 Å². The zero-order valence-electron chi connectivity index (χ0n) is 15.6. The number of piperazine rings is 1. The number of aromatic nitrogens is 1. The van der Waals surface area contributed by atoms with Crippen LogP contribution in [0, 0.1) is 20.8 Å². The molecule has 1 aliphatic heterocycles. The van der Waals surface area contributed by atoms with Gasteiger partial charge in [-0.2, -0.15) is 0 Å². The molecular weight excluding hydrogens is 310 g/mol. The molecule has 0 unspecified atom stereocenters. The smallest absolute Gasteiger partial charge is 0.246 e. The molecular formula is C21H27N3O. The molecule has 3 rings (SSSR count). The van der Waals surface area contributed by atoms with Crippen LogP contribution in [0.1, 0.15) is 22.5 Å². The van der Waals surface area contributed by atoms with Gasteiger partial charge in [0.05, 0.1) is 0 Å². The van der Waals surface area contributed by atoms with Crippen LogP contribution >= 0.6 is 0 Å².